The molecule has 0 aliphatic rings. The first kappa shape index (κ1) is 16.2. The van der Waals surface area contributed by atoms with Crippen molar-refractivity contribution in [2.75, 3.05) is 13.2 Å². The van der Waals surface area contributed by atoms with Gasteiger partial charge >= 0.3 is 5.97 Å². The van der Waals surface area contributed by atoms with Gasteiger partial charge in [0.1, 0.15) is 6.61 Å². The molecular weight excluding hydrogens is 258 g/mol. The number of amides is 1. The Morgan fingerprint density at radius 2 is 1.90 bits per heavy atom. The molecule has 0 aromatic heterocycles. The van der Waals surface area contributed by atoms with E-state index < -0.39 is 0 Å². The minimum Gasteiger partial charge on any atom is -0.463 e. The molecule has 110 valence electrons. The smallest absolute Gasteiger partial charge is 0.307 e. The van der Waals surface area contributed by atoms with Crippen LogP contribution in [0.2, 0.25) is 0 Å². The quantitative estimate of drug-likeness (QED) is 0.735. The van der Waals surface area contributed by atoms with Crippen molar-refractivity contribution >= 4 is 11.9 Å². The molecule has 0 unspecified atom stereocenters. The third-order valence-electron chi connectivity index (χ3n) is 2.36. The lowest BCUT2D eigenvalue weighted by atomic mass is 10.2. The lowest BCUT2D eigenvalue weighted by molar-refractivity contribution is -0.147. The van der Waals surface area contributed by atoms with Gasteiger partial charge in [0, 0.05) is 6.54 Å². The monoisotopic (exact) mass is 279 g/mol. The molecule has 1 aromatic carbocycles. The molecule has 5 heteroatoms. The Balaban J connectivity index is 2.07. The molecule has 1 rings (SSSR count). The highest BCUT2D eigenvalue weighted by Crippen LogP contribution is 1.99. The van der Waals surface area contributed by atoms with Gasteiger partial charge < -0.3 is 14.8 Å². The van der Waals surface area contributed by atoms with E-state index in [0.29, 0.717) is 6.61 Å². The molecular formula is C15H21NO4. The largest absolute Gasteiger partial charge is 0.463 e. The van der Waals surface area contributed by atoms with Crippen LogP contribution in [-0.2, 0) is 25.7 Å². The van der Waals surface area contributed by atoms with E-state index in [9.17, 15) is 9.59 Å². The van der Waals surface area contributed by atoms with E-state index in [1.54, 1.807) is 13.8 Å². The molecule has 0 bridgehead atoms. The number of ether oxygens (including phenoxy) is 2. The number of carbonyl (C=O) groups excluding carboxylic acids is 2. The summed E-state index contributed by atoms with van der Waals surface area (Å²) < 4.78 is 10.2. The first-order valence-corrected chi connectivity index (χ1v) is 6.66. The number of benzene rings is 1. The van der Waals surface area contributed by atoms with Gasteiger partial charge in [0.05, 0.1) is 19.1 Å². The Bertz CT molecular complexity index is 417. The van der Waals surface area contributed by atoms with Crippen LogP contribution in [0.4, 0.5) is 0 Å². The number of rotatable bonds is 8. The standard InChI is InChI=1S/C15H21NO4/c1-12(2)20-15(18)8-9-16-14(17)11-19-10-13-6-4-3-5-7-13/h3-7,12H,8-11H2,1-2H3,(H,16,17). The first-order chi connectivity index (χ1) is 9.58. The summed E-state index contributed by atoms with van der Waals surface area (Å²) in [5, 5.41) is 2.61. The molecule has 0 fully saturated rings. The minimum absolute atomic E-state index is 0.0197. The Morgan fingerprint density at radius 1 is 1.20 bits per heavy atom. The van der Waals surface area contributed by atoms with Crippen molar-refractivity contribution in [1.29, 1.82) is 0 Å². The van der Waals surface area contributed by atoms with Crippen molar-refractivity contribution in [1.82, 2.24) is 5.32 Å². The van der Waals surface area contributed by atoms with Gasteiger partial charge in [-0.05, 0) is 19.4 Å². The molecule has 0 aliphatic heterocycles. The van der Waals surface area contributed by atoms with Crippen LogP contribution in [0.15, 0.2) is 30.3 Å². The summed E-state index contributed by atoms with van der Waals surface area (Å²) in [6.45, 7) is 4.21. The Hall–Kier alpha value is -1.88. The van der Waals surface area contributed by atoms with Crippen molar-refractivity contribution in [3.63, 3.8) is 0 Å². The zero-order valence-corrected chi connectivity index (χ0v) is 11.9. The molecule has 20 heavy (non-hydrogen) atoms. The fourth-order valence-corrected chi connectivity index (χ4v) is 1.51. The van der Waals surface area contributed by atoms with Crippen molar-refractivity contribution in [3.05, 3.63) is 35.9 Å². The van der Waals surface area contributed by atoms with E-state index in [1.807, 2.05) is 30.3 Å². The van der Waals surface area contributed by atoms with Gasteiger partial charge in [-0.15, -0.1) is 0 Å². The Morgan fingerprint density at radius 3 is 2.55 bits per heavy atom. The maximum atomic E-state index is 11.4. The fraction of sp³-hybridized carbons (Fsp3) is 0.467. The second-order valence-electron chi connectivity index (χ2n) is 4.62. The maximum Gasteiger partial charge on any atom is 0.307 e. The second kappa shape index (κ2) is 9.09. The summed E-state index contributed by atoms with van der Waals surface area (Å²) in [5.74, 6) is -0.552. The molecule has 0 saturated carbocycles. The molecule has 0 aliphatic carbocycles. The van der Waals surface area contributed by atoms with Gasteiger partial charge in [-0.2, -0.15) is 0 Å². The highest BCUT2D eigenvalue weighted by atomic mass is 16.5. The number of hydrogen-bond donors (Lipinski definition) is 1. The molecule has 1 amide bonds. The number of nitrogens with one attached hydrogen (secondary N) is 1. The fourth-order valence-electron chi connectivity index (χ4n) is 1.51. The van der Waals surface area contributed by atoms with Crippen LogP contribution >= 0.6 is 0 Å². The molecule has 5 nitrogen and oxygen atoms in total. The number of esters is 1. The van der Waals surface area contributed by atoms with E-state index in [0.717, 1.165) is 5.56 Å². The zero-order chi connectivity index (χ0) is 14.8. The molecule has 1 N–H and O–H groups in total. The van der Waals surface area contributed by atoms with Gasteiger partial charge in [0.15, 0.2) is 0 Å². The van der Waals surface area contributed by atoms with E-state index in [-0.39, 0.29) is 37.6 Å². The van der Waals surface area contributed by atoms with E-state index in [4.69, 9.17) is 9.47 Å². The summed E-state index contributed by atoms with van der Waals surface area (Å²) in [4.78, 5) is 22.7. The highest BCUT2D eigenvalue weighted by molar-refractivity contribution is 5.78. The van der Waals surface area contributed by atoms with Crippen LogP contribution in [0.1, 0.15) is 25.8 Å². The number of carbonyl (C=O) groups is 2. The molecule has 0 heterocycles. The van der Waals surface area contributed by atoms with Crippen molar-refractivity contribution in [2.24, 2.45) is 0 Å². The van der Waals surface area contributed by atoms with Crippen LogP contribution in [0.25, 0.3) is 0 Å². The molecule has 0 atom stereocenters. The van der Waals surface area contributed by atoms with Gasteiger partial charge in [0.25, 0.3) is 0 Å². The predicted molar refractivity (Wildman–Crippen MR) is 75.0 cm³/mol. The average Bonchev–Trinajstić information content (AvgIpc) is 2.39. The highest BCUT2D eigenvalue weighted by Gasteiger charge is 2.07. The topological polar surface area (TPSA) is 64.6 Å². The van der Waals surface area contributed by atoms with Crippen LogP contribution in [0, 0.1) is 0 Å². The normalized spacial score (nSPS) is 10.3. The zero-order valence-electron chi connectivity index (χ0n) is 11.9. The lowest BCUT2D eigenvalue weighted by Gasteiger charge is -2.08. The lowest BCUT2D eigenvalue weighted by Crippen LogP contribution is -2.30. The molecule has 0 spiro atoms. The van der Waals surface area contributed by atoms with Crippen molar-refractivity contribution < 1.29 is 19.1 Å². The van der Waals surface area contributed by atoms with Gasteiger partial charge in [0.2, 0.25) is 5.91 Å². The van der Waals surface area contributed by atoms with E-state index >= 15 is 0 Å². The summed E-state index contributed by atoms with van der Waals surface area (Å²) in [6, 6.07) is 9.62. The minimum atomic E-state index is -0.314. The van der Waals surface area contributed by atoms with Gasteiger partial charge in [-0.1, -0.05) is 30.3 Å². The van der Waals surface area contributed by atoms with Crippen LogP contribution < -0.4 is 5.32 Å². The third kappa shape index (κ3) is 7.53. The van der Waals surface area contributed by atoms with E-state index in [2.05, 4.69) is 5.32 Å². The summed E-state index contributed by atoms with van der Waals surface area (Å²) in [5.41, 5.74) is 1.01. The predicted octanol–water partition coefficient (Wildman–Crippen LogP) is 1.66. The first-order valence-electron chi connectivity index (χ1n) is 6.66. The SMILES string of the molecule is CC(C)OC(=O)CCNC(=O)COCc1ccccc1. The summed E-state index contributed by atoms with van der Waals surface area (Å²) in [7, 11) is 0. The van der Waals surface area contributed by atoms with Crippen LogP contribution in [0.3, 0.4) is 0 Å². The van der Waals surface area contributed by atoms with Crippen LogP contribution in [0.5, 0.6) is 0 Å². The Labute approximate surface area is 119 Å². The summed E-state index contributed by atoms with van der Waals surface area (Å²) in [6.07, 6.45) is 0.0372. The Kier molecular flexibility index (Phi) is 7.35. The average molecular weight is 279 g/mol. The van der Waals surface area contributed by atoms with Gasteiger partial charge in [-0.25, -0.2) is 0 Å². The second-order valence-corrected chi connectivity index (χ2v) is 4.62. The van der Waals surface area contributed by atoms with Gasteiger partial charge in [-0.3, -0.25) is 9.59 Å². The van der Waals surface area contributed by atoms with E-state index in [1.165, 1.54) is 0 Å². The van der Waals surface area contributed by atoms with Crippen molar-refractivity contribution in [2.45, 2.75) is 33.0 Å². The third-order valence-corrected chi connectivity index (χ3v) is 2.36. The van der Waals surface area contributed by atoms with Crippen LogP contribution in [-0.4, -0.2) is 31.1 Å². The number of hydrogen-bond acceptors (Lipinski definition) is 4. The summed E-state index contributed by atoms with van der Waals surface area (Å²) >= 11 is 0. The molecule has 0 saturated heterocycles. The maximum absolute atomic E-state index is 11.4. The molecule has 0 radical (unpaired) electrons. The molecule has 1 aromatic rings. The van der Waals surface area contributed by atoms with Crippen molar-refractivity contribution in [3.8, 4) is 0 Å².